The van der Waals surface area contributed by atoms with E-state index in [9.17, 15) is 4.79 Å². The lowest BCUT2D eigenvalue weighted by Gasteiger charge is -2.22. The maximum atomic E-state index is 11.1. The first-order valence-electron chi connectivity index (χ1n) is 5.97. The topological polar surface area (TPSA) is 90.0 Å². The predicted octanol–water partition coefficient (Wildman–Crippen LogP) is -0.862. The Balaban J connectivity index is 2.47. The fourth-order valence-corrected chi connectivity index (χ4v) is 2.01. The van der Waals surface area contributed by atoms with E-state index >= 15 is 0 Å². The van der Waals surface area contributed by atoms with Crippen molar-refractivity contribution in [1.82, 2.24) is 5.06 Å². The number of hydrogen-bond donors (Lipinski definition) is 3. The van der Waals surface area contributed by atoms with Crippen molar-refractivity contribution in [3.8, 4) is 0 Å². The monoisotopic (exact) mass is 247 g/mol. The van der Waals surface area contributed by atoms with Crippen molar-refractivity contribution >= 4 is 5.97 Å². The maximum absolute atomic E-state index is 11.1. The summed E-state index contributed by atoms with van der Waals surface area (Å²) in [6, 6.07) is 0.00181. The van der Waals surface area contributed by atoms with E-state index in [-0.39, 0.29) is 43.7 Å². The molecule has 0 aromatic carbocycles. The summed E-state index contributed by atoms with van der Waals surface area (Å²) < 4.78 is 0. The number of nitrogens with zero attached hydrogens (tertiary/aromatic N) is 1. The summed E-state index contributed by atoms with van der Waals surface area (Å²) in [5, 5.41) is 28.8. The molecule has 0 aliphatic carbocycles. The van der Waals surface area contributed by atoms with Gasteiger partial charge in [-0.15, -0.1) is 5.06 Å². The van der Waals surface area contributed by atoms with Gasteiger partial charge in [0.25, 0.3) is 0 Å². The zero-order chi connectivity index (χ0) is 12.8. The average molecular weight is 247 g/mol. The lowest BCUT2D eigenvalue weighted by Crippen LogP contribution is -2.29. The molecule has 1 aliphatic heterocycles. The molecule has 1 saturated heterocycles. The normalized spacial score (nSPS) is 24.8. The minimum atomic E-state index is -0.292. The molecule has 0 saturated carbocycles. The van der Waals surface area contributed by atoms with Crippen LogP contribution in [0.15, 0.2) is 0 Å². The minimum Gasteiger partial charge on any atom is -0.396 e. The molecular formula is C11H21NO5. The van der Waals surface area contributed by atoms with Crippen LogP contribution in [0.25, 0.3) is 0 Å². The van der Waals surface area contributed by atoms with Crippen LogP contribution in [0.4, 0.5) is 0 Å². The molecule has 0 amide bonds. The number of carbonyl (C=O) groups is 1. The summed E-state index contributed by atoms with van der Waals surface area (Å²) in [6.45, 7) is 2.05. The molecule has 1 fully saturated rings. The molecule has 1 aliphatic rings. The van der Waals surface area contributed by atoms with E-state index < -0.39 is 0 Å². The largest absolute Gasteiger partial charge is 0.396 e. The van der Waals surface area contributed by atoms with Crippen molar-refractivity contribution < 1.29 is 25.0 Å². The average Bonchev–Trinajstić information content (AvgIpc) is 3.08. The number of aliphatic hydroxyl groups excluding tert-OH is 3. The second-order valence-corrected chi connectivity index (χ2v) is 4.29. The van der Waals surface area contributed by atoms with Crippen LogP contribution in [-0.2, 0) is 9.63 Å². The molecule has 6 nitrogen and oxygen atoms in total. The number of carbonyl (C=O) groups excluding carboxylic acids is 1. The van der Waals surface area contributed by atoms with E-state index in [0.717, 1.165) is 0 Å². The van der Waals surface area contributed by atoms with Gasteiger partial charge in [-0.2, -0.15) is 0 Å². The van der Waals surface area contributed by atoms with Gasteiger partial charge in [-0.25, -0.2) is 0 Å². The zero-order valence-corrected chi connectivity index (χ0v) is 10.1. The first kappa shape index (κ1) is 14.4. The molecule has 17 heavy (non-hydrogen) atoms. The fourth-order valence-electron chi connectivity index (χ4n) is 2.01. The quantitative estimate of drug-likeness (QED) is 0.483. The minimum absolute atomic E-state index is 0.00181. The summed E-state index contributed by atoms with van der Waals surface area (Å²) in [5.74, 6) is -0.628. The summed E-state index contributed by atoms with van der Waals surface area (Å²) >= 11 is 0. The van der Waals surface area contributed by atoms with E-state index in [0.29, 0.717) is 19.4 Å². The van der Waals surface area contributed by atoms with Crippen molar-refractivity contribution in [1.29, 1.82) is 0 Å². The van der Waals surface area contributed by atoms with Gasteiger partial charge in [0.15, 0.2) is 0 Å². The predicted molar refractivity (Wildman–Crippen MR) is 59.7 cm³/mol. The van der Waals surface area contributed by atoms with Crippen LogP contribution in [0.1, 0.15) is 19.8 Å². The Morgan fingerprint density at radius 3 is 2.53 bits per heavy atom. The van der Waals surface area contributed by atoms with Gasteiger partial charge >= 0.3 is 5.97 Å². The van der Waals surface area contributed by atoms with Gasteiger partial charge in [-0.3, -0.25) is 4.79 Å². The lowest BCUT2D eigenvalue weighted by atomic mass is 9.88. The Hall–Kier alpha value is -0.690. The van der Waals surface area contributed by atoms with Gasteiger partial charge < -0.3 is 20.2 Å². The van der Waals surface area contributed by atoms with Crippen molar-refractivity contribution in [3.63, 3.8) is 0 Å². The molecule has 0 bridgehead atoms. The first-order chi connectivity index (χ1) is 8.17. The lowest BCUT2D eigenvalue weighted by molar-refractivity contribution is -0.169. The highest BCUT2D eigenvalue weighted by Crippen LogP contribution is 2.33. The molecule has 0 aromatic heterocycles. The molecular weight excluding hydrogens is 226 g/mol. The second kappa shape index (κ2) is 6.90. The van der Waals surface area contributed by atoms with Crippen LogP contribution < -0.4 is 0 Å². The molecule has 6 heteroatoms. The van der Waals surface area contributed by atoms with Gasteiger partial charge in [-0.05, 0) is 12.3 Å². The Labute approximate surface area is 101 Å². The van der Waals surface area contributed by atoms with Crippen LogP contribution in [0.3, 0.4) is 0 Å². The Bertz CT molecular complexity index is 244. The van der Waals surface area contributed by atoms with Gasteiger partial charge in [0, 0.05) is 32.2 Å². The molecule has 3 atom stereocenters. The van der Waals surface area contributed by atoms with E-state index in [4.69, 9.17) is 20.2 Å². The van der Waals surface area contributed by atoms with Crippen LogP contribution in [0, 0.1) is 11.8 Å². The summed E-state index contributed by atoms with van der Waals surface area (Å²) in [6.07, 6.45) is 0.800. The van der Waals surface area contributed by atoms with Gasteiger partial charge in [-0.1, -0.05) is 6.92 Å². The molecule has 0 radical (unpaired) electrons. The van der Waals surface area contributed by atoms with Crippen LogP contribution in [0.5, 0.6) is 0 Å². The van der Waals surface area contributed by atoms with Gasteiger partial charge in [0.2, 0.25) is 0 Å². The Morgan fingerprint density at radius 1 is 1.41 bits per heavy atom. The van der Waals surface area contributed by atoms with Crippen molar-refractivity contribution in [2.24, 2.45) is 11.8 Å². The molecule has 0 aromatic rings. The van der Waals surface area contributed by atoms with E-state index in [1.807, 2.05) is 0 Å². The Morgan fingerprint density at radius 2 is 2.06 bits per heavy atom. The van der Waals surface area contributed by atoms with Gasteiger partial charge in [0.05, 0.1) is 12.6 Å². The van der Waals surface area contributed by atoms with E-state index in [1.54, 1.807) is 12.0 Å². The number of hydroxylamine groups is 2. The molecule has 0 spiro atoms. The van der Waals surface area contributed by atoms with Crippen LogP contribution >= 0.6 is 0 Å². The third-order valence-electron chi connectivity index (χ3n) is 3.14. The number of hydrogen-bond acceptors (Lipinski definition) is 6. The van der Waals surface area contributed by atoms with E-state index in [2.05, 4.69) is 0 Å². The highest BCUT2D eigenvalue weighted by atomic mass is 16.7. The van der Waals surface area contributed by atoms with Crippen molar-refractivity contribution in [3.05, 3.63) is 0 Å². The van der Waals surface area contributed by atoms with Crippen molar-refractivity contribution in [2.75, 3.05) is 26.4 Å². The molecule has 100 valence electrons. The summed E-state index contributed by atoms with van der Waals surface area (Å²) in [4.78, 5) is 16.1. The smallest absolute Gasteiger partial charge is 0.324 e. The molecule has 3 unspecified atom stereocenters. The highest BCUT2D eigenvalue weighted by molar-refractivity contribution is 5.68. The fraction of sp³-hybridized carbons (Fsp3) is 0.909. The number of rotatable bonds is 8. The molecule has 1 heterocycles. The maximum Gasteiger partial charge on any atom is 0.324 e. The molecule has 1 rings (SSSR count). The first-order valence-corrected chi connectivity index (χ1v) is 5.97. The highest BCUT2D eigenvalue weighted by Gasteiger charge is 2.46. The zero-order valence-electron chi connectivity index (χ0n) is 10.1. The van der Waals surface area contributed by atoms with Crippen LogP contribution in [-0.4, -0.2) is 58.8 Å². The van der Waals surface area contributed by atoms with Crippen molar-refractivity contribution in [2.45, 2.75) is 25.8 Å². The molecule has 3 N–H and O–H groups in total. The van der Waals surface area contributed by atoms with E-state index in [1.165, 1.54) is 0 Å². The SMILES string of the molecule is CCC(=O)ON1CC1C(CCO)C(CO)CO. The number of aliphatic hydroxyl groups is 3. The van der Waals surface area contributed by atoms with Gasteiger partial charge in [0.1, 0.15) is 0 Å². The third kappa shape index (κ3) is 3.92. The summed E-state index contributed by atoms with van der Waals surface area (Å²) in [5.41, 5.74) is 0. The third-order valence-corrected chi connectivity index (χ3v) is 3.14. The van der Waals surface area contributed by atoms with Crippen LogP contribution in [0.2, 0.25) is 0 Å². The standard InChI is InChI=1S/C11H21NO5/c1-2-11(16)17-12-5-10(12)9(3-4-13)8(6-14)7-15/h8-10,13-15H,2-7H2,1H3. The second-order valence-electron chi connectivity index (χ2n) is 4.29. The Kier molecular flexibility index (Phi) is 5.84. The summed E-state index contributed by atoms with van der Waals surface area (Å²) in [7, 11) is 0.